The molecule has 0 unspecified atom stereocenters. The second kappa shape index (κ2) is 525. The molecule has 139 heavy (non-hydrogen) atoms. The smallest absolute Gasteiger partial charge is 1.00 e. The molecule has 4 radical (unpaired) electrons. The van der Waals surface area contributed by atoms with Gasteiger partial charge in [0.1, 0.15) is 29.8 Å². The SMILES string of the molecule is Br.C#CC.C#CC(C)(C)O.C/C(F)=C(/C)F.CB(O)O.CB(O)O.CC.CC.CC.CC.CC.CC.CC.CC.CC.CC.CC.CC.CC#CC.CC(=O)O.CC(F)=C(F)F.CC=CC.CC=CC.CC=O.CC=O.CCBr.CCC.CCCC.CCO.CCOC.CF.CO.COC(C)(F)F.COC(C)=O.COC(C)=S.FC(F)=C(F)F.O=CO[O-].OO.[B].[B]=NS.[CH2-]CCC.[H-].[H-].[K+].[K+].[Li+].[Na+].[Na+].[OH-]. The molecular formula is C91H216B4Br2F12K2LiNNa2O22S2. The second-order valence-corrected chi connectivity index (χ2v) is 16.8. The number of carboxylic acid groups (broad SMARTS) is 1. The Morgan fingerprint density at radius 2 is 0.647 bits per heavy atom. The molecule has 48 heteroatoms. The van der Waals surface area contributed by atoms with Crippen molar-refractivity contribution in [2.45, 2.75) is 404 Å². The first-order valence-electron chi connectivity index (χ1n) is 42.2. The maximum Gasteiger partial charge on any atom is 1.00 e. The number of aliphatic carboxylic acids is 1. The van der Waals surface area contributed by atoms with Crippen molar-refractivity contribution in [1.29, 1.82) is 0 Å². The van der Waals surface area contributed by atoms with Gasteiger partial charge in [-0.05, 0) is 137 Å². The van der Waals surface area contributed by atoms with Crippen molar-refractivity contribution in [3.63, 3.8) is 0 Å². The van der Waals surface area contributed by atoms with Crippen molar-refractivity contribution >= 4 is 124 Å². The van der Waals surface area contributed by atoms with Crippen LogP contribution in [0.5, 0.6) is 0 Å². The van der Waals surface area contributed by atoms with Crippen molar-refractivity contribution in [3.8, 4) is 36.5 Å². The van der Waals surface area contributed by atoms with E-state index in [0.717, 1.165) is 65.9 Å². The van der Waals surface area contributed by atoms with Crippen LogP contribution in [-0.2, 0) is 47.8 Å². The Morgan fingerprint density at radius 1 is 0.554 bits per heavy atom. The third kappa shape index (κ3) is 2910. The third-order valence-electron chi connectivity index (χ3n) is 4.26. The number of ether oxygens (including phenoxy) is 4. The van der Waals surface area contributed by atoms with E-state index < -0.39 is 67.6 Å². The molecule has 23 nitrogen and oxygen atoms in total. The summed E-state index contributed by atoms with van der Waals surface area (Å²) in [5, 5.41) is 83.1. The number of methoxy groups -OCH3 is 4. The number of rotatable bonds is 5. The van der Waals surface area contributed by atoms with Gasteiger partial charge in [0, 0.05) is 76.0 Å². The summed E-state index contributed by atoms with van der Waals surface area (Å²) < 4.78 is 147. The maximum atomic E-state index is 11.3. The van der Waals surface area contributed by atoms with Gasteiger partial charge in [-0.25, -0.2) is 13.2 Å². The van der Waals surface area contributed by atoms with Gasteiger partial charge in [-0.1, -0.05) is 280 Å². The number of halogens is 14. The number of thiol groups is 1. The molecule has 0 heterocycles. The van der Waals surface area contributed by atoms with Crippen molar-refractivity contribution in [2.75, 3.05) is 61.3 Å². The average molecular weight is 2300 g/mol. The van der Waals surface area contributed by atoms with Gasteiger partial charge in [0.25, 0.3) is 12.4 Å². The number of aliphatic hydroxyl groups is 3. The number of carboxylic acids is 1. The van der Waals surface area contributed by atoms with Crippen molar-refractivity contribution in [3.05, 3.63) is 67.0 Å². The van der Waals surface area contributed by atoms with E-state index in [1.165, 1.54) is 67.2 Å². The quantitative estimate of drug-likeness (QED) is 0.00990. The summed E-state index contributed by atoms with van der Waals surface area (Å²) in [6.07, 6.45) is 14.1. The summed E-state index contributed by atoms with van der Waals surface area (Å²) in [5.74, 6) is 5.80. The fraction of sp³-hybridized carbons (Fsp3) is 0.747. The zero-order chi connectivity index (χ0) is 118. The minimum atomic E-state index is -2.96. The number of terminal acetylenes is 2. The van der Waals surface area contributed by atoms with Crippen LogP contribution in [-0.4, -0.2) is 196 Å². The molecule has 0 aliphatic carbocycles. The molecule has 0 aromatic heterocycles. The number of carbonyl (C=O) groups is 5. The fourth-order valence-corrected chi connectivity index (χ4v) is 0. The van der Waals surface area contributed by atoms with Gasteiger partial charge >= 0.3 is 250 Å². The number of aldehydes is 2. The van der Waals surface area contributed by atoms with Crippen LogP contribution >= 0.6 is 57.9 Å². The predicted octanol–water partition coefficient (Wildman–Crippen LogP) is 15.9. The molecular weight excluding hydrogens is 2090 g/mol. The number of thiocarbonyl (C=S) groups is 1. The first kappa shape index (κ1) is 313. The number of allylic oxidation sites excluding steroid dienone is 7. The Bertz CT molecular complexity index is 1690. The van der Waals surface area contributed by atoms with Gasteiger partial charge in [-0.15, -0.1) is 47.6 Å². The first-order valence-corrected chi connectivity index (χ1v) is 44.1. The van der Waals surface area contributed by atoms with E-state index in [0.29, 0.717) is 26.1 Å². The van der Waals surface area contributed by atoms with E-state index in [2.05, 4.69) is 148 Å². The molecule has 0 aromatic rings. The number of aliphatic hydroxyl groups excluding tert-OH is 2. The second-order valence-electron chi connectivity index (χ2n) is 14.9. The summed E-state index contributed by atoms with van der Waals surface area (Å²) in [7, 11) is 9.05. The van der Waals surface area contributed by atoms with Crippen LogP contribution in [0.2, 0.25) is 13.6 Å². The van der Waals surface area contributed by atoms with E-state index in [1.807, 2.05) is 246 Å². The molecule has 0 bridgehead atoms. The zero-order valence-corrected chi connectivity index (χ0v) is 116. The van der Waals surface area contributed by atoms with E-state index >= 15 is 0 Å². The molecule has 0 saturated carbocycles. The van der Waals surface area contributed by atoms with Crippen LogP contribution < -0.4 is 186 Å². The molecule has 0 spiro atoms. The number of alkyl halides is 4. The molecule has 0 saturated heterocycles. The molecule has 0 atom stereocenters. The molecule has 0 amide bonds. The van der Waals surface area contributed by atoms with E-state index in [-0.39, 0.29) is 234 Å². The predicted molar refractivity (Wildman–Crippen MR) is 585 cm³/mol. The summed E-state index contributed by atoms with van der Waals surface area (Å²) in [6, 6.07) is 0. The van der Waals surface area contributed by atoms with Crippen LogP contribution in [0.15, 0.2) is 64.3 Å². The van der Waals surface area contributed by atoms with Gasteiger partial charge in [-0.2, -0.15) is 41.5 Å². The Kier molecular flexibility index (Phi) is 1180. The van der Waals surface area contributed by atoms with Gasteiger partial charge in [0.15, 0.2) is 10.9 Å². The number of unbranched alkanes of at least 4 members (excludes halogenated alkanes) is 2. The number of hydrogen-bond acceptors (Lipinski definition) is 24. The van der Waals surface area contributed by atoms with Gasteiger partial charge in [-0.3, -0.25) is 29.3 Å². The number of carbonyl (C=O) groups excluding carboxylic acids is 4. The monoisotopic (exact) mass is 2300 g/mol. The van der Waals surface area contributed by atoms with Gasteiger partial charge in [0.05, 0.1) is 21.4 Å². The van der Waals surface area contributed by atoms with E-state index in [9.17, 15) is 57.5 Å². The van der Waals surface area contributed by atoms with E-state index in [1.54, 1.807) is 48.8 Å². The fourth-order valence-electron chi connectivity index (χ4n) is 0. The summed E-state index contributed by atoms with van der Waals surface area (Å²) >= 11 is 10.8. The number of esters is 1. The third-order valence-corrected chi connectivity index (χ3v) is 4.43. The molecule has 0 fully saturated rings. The molecule has 11 N–H and O–H groups in total. The largest absolute Gasteiger partial charge is 1.00 e. The topological polar surface area (TPSA) is 399 Å². The summed E-state index contributed by atoms with van der Waals surface area (Å²) in [5.41, 5.74) is -0.931. The molecule has 0 aliphatic rings. The number of hydrogen-bond donors (Lipinski definition) is 11. The van der Waals surface area contributed by atoms with Crippen molar-refractivity contribution in [2.24, 2.45) is 4.30 Å². The standard InChI is InChI=1S/C5H8O.C4H6F2.C4H10.C4H9.2C4H8.C4H6.C3H3F3.C3H6F2O.C3H6O2.C3H6OS.C3H8O.C3H8.C3H4.C2H5Br.C2F4.C2H4O2.C2H6O.2C2H4O.12C2H6.2CH5BO2.CH3F.CH2O3.CH4O.BHNS.B.BrH.2K.Li.2Na.H2O2.H2O.2H/c1-4-5(2,3)6;1-3(5)4(2)6;5*1-3-4-2;1-2(4)3(5)6;1-3(4,5)6-2;1-3(4)5-2;1-3(5)4-2;1-3-4-2;2*1-3-2;1-2-3;3-1(4)2(5)6;1-2(3)4;3*1-2-3;12*1-2;2*1-2(3)4;1-2;2-1-4-3;1-2;1-2-3;;;;;;;;1-2;;;/h1,6H,2-3H3;1-2H3;3-4H2,1-2H3;1,3-4H2,2H3;2*3-4H,1-2H3;1-2H3;1H3;1-2H3;2*1-2H3;3H2,1-2H3;3H2,1-2H3;1H,2H3;2H2,1H3;;1H3,(H,3,4);3H,2H2,1H3;2*2H,1H3;12*1-2H3;2*3-4H,1H3;1H3;1,3H;2H,1H3;3H;;1H;;;;;;1-2H;1H2;;/q;;;-1;;;;;;;;;;;;;;;;;;;;;;;;;;;;;;;;;;;;;5*+1;;;2*-1/p-2/b;4-3+;;;;;;;;;;;;;;;;;;;;;;;;;;;;;;;;;;;;;;;;;;;;;;;. The Hall–Kier alpha value is 0.900. The minimum absolute atomic E-state index is 0. The maximum absolute atomic E-state index is 11.3. The van der Waals surface area contributed by atoms with Crippen LogP contribution in [0.3, 0.4) is 0 Å². The van der Waals surface area contributed by atoms with Crippen molar-refractivity contribution < 1.29 is 346 Å². The Labute approximate surface area is 1030 Å². The molecule has 0 rings (SSSR count). The van der Waals surface area contributed by atoms with Crippen LogP contribution in [0.4, 0.5) is 52.7 Å². The zero-order valence-electron chi connectivity index (χ0n) is 102. The first-order chi connectivity index (χ1) is 61.1. The molecule has 0 aromatic carbocycles. The van der Waals surface area contributed by atoms with E-state index in [4.69, 9.17) is 81.9 Å². The summed E-state index contributed by atoms with van der Waals surface area (Å²) in [6.45, 7) is 98.5. The normalized spacial score (nSPS) is 6.13. The van der Waals surface area contributed by atoms with Crippen LogP contribution in [0.1, 0.15) is 381 Å². The number of nitrogens with zero attached hydrogens (tertiary/aromatic N) is 1. The van der Waals surface area contributed by atoms with Crippen LogP contribution in [0, 0.1) is 43.5 Å². The molecule has 844 valence electrons. The van der Waals surface area contributed by atoms with Gasteiger partial charge < -0.3 is 94.5 Å². The van der Waals surface area contributed by atoms with Crippen LogP contribution in [0.25, 0.3) is 0 Å². The Morgan fingerprint density at radius 3 is 0.647 bits per heavy atom. The Balaban J connectivity index is -0.0000000132. The average Bonchev–Trinajstić information content (AvgIpc) is 1.03. The molecule has 0 aliphatic heterocycles. The summed E-state index contributed by atoms with van der Waals surface area (Å²) in [4.78, 5) is 47.5. The van der Waals surface area contributed by atoms with Gasteiger partial charge in [0.2, 0.25) is 0 Å². The minimum Gasteiger partial charge on any atom is -1.00 e. The van der Waals surface area contributed by atoms with Crippen molar-refractivity contribution in [1.82, 2.24) is 0 Å².